The molecule has 5 nitrogen and oxygen atoms in total. The van der Waals surface area contributed by atoms with Gasteiger partial charge in [0.15, 0.2) is 11.6 Å². The van der Waals surface area contributed by atoms with E-state index in [1.54, 1.807) is 25.3 Å². The van der Waals surface area contributed by atoms with E-state index in [1.807, 2.05) is 24.3 Å². The molecule has 1 spiro atoms. The van der Waals surface area contributed by atoms with Crippen LogP contribution in [0.15, 0.2) is 54.6 Å². The number of fused-ring (bicyclic) bond motifs is 2. The van der Waals surface area contributed by atoms with Gasteiger partial charge in [-0.3, -0.25) is 4.79 Å². The number of aliphatic carboxylic acids is 1. The van der Waals surface area contributed by atoms with Gasteiger partial charge < -0.3 is 19.3 Å². The Morgan fingerprint density at radius 1 is 1.07 bits per heavy atom. The molecule has 2 aliphatic carbocycles. The molecule has 212 valence electrons. The van der Waals surface area contributed by atoms with Crippen LogP contribution in [0.4, 0.5) is 4.39 Å². The van der Waals surface area contributed by atoms with E-state index in [-0.39, 0.29) is 28.6 Å². The van der Waals surface area contributed by atoms with Gasteiger partial charge in [-0.05, 0) is 89.6 Å². The molecule has 0 aliphatic heterocycles. The van der Waals surface area contributed by atoms with Crippen molar-refractivity contribution < 1.29 is 28.5 Å². The molecule has 1 fully saturated rings. The highest BCUT2D eigenvalue weighted by atomic mass is 19.1. The summed E-state index contributed by atoms with van der Waals surface area (Å²) in [4.78, 5) is 12.0. The van der Waals surface area contributed by atoms with Crippen LogP contribution >= 0.6 is 0 Å². The lowest BCUT2D eigenvalue weighted by molar-refractivity contribution is -0.150. The van der Waals surface area contributed by atoms with E-state index in [9.17, 15) is 9.90 Å². The van der Waals surface area contributed by atoms with E-state index in [1.165, 1.54) is 12.7 Å². The summed E-state index contributed by atoms with van der Waals surface area (Å²) in [5.41, 5.74) is 4.90. The predicted octanol–water partition coefficient (Wildman–Crippen LogP) is 7.88. The molecule has 3 unspecified atom stereocenters. The third kappa shape index (κ3) is 4.98. The number of carbonyl (C=O) groups is 1. The number of hydrogen-bond donors (Lipinski definition) is 1. The summed E-state index contributed by atoms with van der Waals surface area (Å²) in [6.45, 7) is 6.63. The maximum Gasteiger partial charge on any atom is 0.307 e. The standard InChI is InChI=1S/C34H39FO5/c1-33(2,3)31(39-5)26-18-21(11-14-24(26)25-9-6-10-29(38-4)30(25)35)20-40-23-13-12-22-8-7-16-34(28(22)19-23)17-15-27(34)32(36)37/h6,9-14,18-19,27,31H,7-8,15-17,20H2,1-5H3,(H,36,37). The lowest BCUT2D eigenvalue weighted by Crippen LogP contribution is -2.50. The van der Waals surface area contributed by atoms with Crippen LogP contribution in [0.1, 0.15) is 74.8 Å². The van der Waals surface area contributed by atoms with Crippen LogP contribution in [-0.4, -0.2) is 25.3 Å². The van der Waals surface area contributed by atoms with Crippen LogP contribution in [0.5, 0.6) is 11.5 Å². The molecule has 3 aromatic carbocycles. The Kier molecular flexibility index (Phi) is 7.66. The van der Waals surface area contributed by atoms with Gasteiger partial charge in [0.25, 0.3) is 0 Å². The average Bonchev–Trinajstić information content (AvgIpc) is 2.90. The van der Waals surface area contributed by atoms with Gasteiger partial charge in [0.1, 0.15) is 12.4 Å². The second-order valence-electron chi connectivity index (χ2n) is 12.3. The number of halogens is 1. The molecule has 1 N–H and O–H groups in total. The van der Waals surface area contributed by atoms with Crippen LogP contribution in [-0.2, 0) is 28.0 Å². The van der Waals surface area contributed by atoms with Crippen molar-refractivity contribution in [1.82, 2.24) is 0 Å². The van der Waals surface area contributed by atoms with Crippen molar-refractivity contribution in [2.24, 2.45) is 11.3 Å². The summed E-state index contributed by atoms with van der Waals surface area (Å²) in [7, 11) is 3.14. The van der Waals surface area contributed by atoms with Crippen molar-refractivity contribution in [3.05, 3.63) is 82.7 Å². The molecule has 6 heteroatoms. The minimum atomic E-state index is -0.697. The van der Waals surface area contributed by atoms with E-state index < -0.39 is 11.8 Å². The Bertz CT molecular complexity index is 1410. The highest BCUT2D eigenvalue weighted by Crippen LogP contribution is 2.56. The number of hydrogen-bond acceptors (Lipinski definition) is 4. The van der Waals surface area contributed by atoms with Crippen molar-refractivity contribution in [3.63, 3.8) is 0 Å². The first kappa shape index (κ1) is 28.2. The smallest absolute Gasteiger partial charge is 0.307 e. The Morgan fingerprint density at radius 3 is 2.52 bits per heavy atom. The highest BCUT2D eigenvalue weighted by Gasteiger charge is 2.53. The number of methoxy groups -OCH3 is 2. The summed E-state index contributed by atoms with van der Waals surface area (Å²) in [6.07, 6.45) is 4.27. The molecular formula is C34H39FO5. The Labute approximate surface area is 236 Å². The van der Waals surface area contributed by atoms with Gasteiger partial charge in [0.05, 0.1) is 19.1 Å². The minimum Gasteiger partial charge on any atom is -0.494 e. The lowest BCUT2D eigenvalue weighted by atomic mass is 9.52. The van der Waals surface area contributed by atoms with E-state index in [0.717, 1.165) is 60.1 Å². The molecule has 3 atom stereocenters. The number of carboxylic acid groups (broad SMARTS) is 1. The second kappa shape index (κ2) is 10.9. The van der Waals surface area contributed by atoms with Crippen molar-refractivity contribution in [3.8, 4) is 22.6 Å². The van der Waals surface area contributed by atoms with E-state index >= 15 is 4.39 Å². The fraction of sp³-hybridized carbons (Fsp3) is 0.441. The van der Waals surface area contributed by atoms with Crippen LogP contribution in [0.25, 0.3) is 11.1 Å². The molecule has 1 saturated carbocycles. The number of aryl methyl sites for hydroxylation is 1. The number of carboxylic acids is 1. The zero-order valence-corrected chi connectivity index (χ0v) is 24.1. The summed E-state index contributed by atoms with van der Waals surface area (Å²) in [5.74, 6) is -0.492. The fourth-order valence-corrected chi connectivity index (χ4v) is 6.83. The summed E-state index contributed by atoms with van der Waals surface area (Å²) >= 11 is 0. The van der Waals surface area contributed by atoms with E-state index in [0.29, 0.717) is 12.2 Å². The van der Waals surface area contributed by atoms with E-state index in [2.05, 4.69) is 32.9 Å². The molecule has 0 radical (unpaired) electrons. The largest absolute Gasteiger partial charge is 0.494 e. The number of rotatable bonds is 8. The van der Waals surface area contributed by atoms with Crippen LogP contribution < -0.4 is 9.47 Å². The van der Waals surface area contributed by atoms with Crippen molar-refractivity contribution in [1.29, 1.82) is 0 Å². The Morgan fingerprint density at radius 2 is 1.88 bits per heavy atom. The van der Waals surface area contributed by atoms with Gasteiger partial charge in [-0.25, -0.2) is 4.39 Å². The van der Waals surface area contributed by atoms with Crippen molar-refractivity contribution in [2.45, 2.75) is 71.0 Å². The summed E-state index contributed by atoms with van der Waals surface area (Å²) < 4.78 is 32.9. The van der Waals surface area contributed by atoms with Gasteiger partial charge in [-0.2, -0.15) is 0 Å². The summed E-state index contributed by atoms with van der Waals surface area (Å²) in [5, 5.41) is 9.83. The minimum absolute atomic E-state index is 0.197. The monoisotopic (exact) mass is 546 g/mol. The average molecular weight is 547 g/mol. The first-order chi connectivity index (χ1) is 19.1. The SMILES string of the molecule is COc1cccc(-c2ccc(COc3ccc4c(c3)C3(CCC4)CCC3C(=O)O)cc2C(OC)C(C)(C)C)c1F. The number of ether oxygens (including phenoxy) is 3. The van der Waals surface area contributed by atoms with Gasteiger partial charge in [0, 0.05) is 18.1 Å². The Hall–Kier alpha value is -3.38. The zero-order valence-electron chi connectivity index (χ0n) is 24.1. The van der Waals surface area contributed by atoms with Gasteiger partial charge in [-0.1, -0.05) is 51.1 Å². The van der Waals surface area contributed by atoms with E-state index in [4.69, 9.17) is 14.2 Å². The first-order valence-electron chi connectivity index (χ1n) is 14.1. The fourth-order valence-electron chi connectivity index (χ4n) is 6.83. The highest BCUT2D eigenvalue weighted by molar-refractivity contribution is 5.75. The zero-order chi connectivity index (χ0) is 28.7. The molecule has 0 heterocycles. The maximum absolute atomic E-state index is 15.4. The summed E-state index contributed by atoms with van der Waals surface area (Å²) in [6, 6.07) is 17.2. The topological polar surface area (TPSA) is 65.0 Å². The van der Waals surface area contributed by atoms with Crippen LogP contribution in [0.3, 0.4) is 0 Å². The quantitative estimate of drug-likeness (QED) is 0.311. The molecule has 2 aliphatic rings. The molecular weight excluding hydrogens is 507 g/mol. The van der Waals surface area contributed by atoms with Gasteiger partial charge >= 0.3 is 5.97 Å². The first-order valence-corrected chi connectivity index (χ1v) is 14.1. The van der Waals surface area contributed by atoms with Gasteiger partial charge in [0.2, 0.25) is 0 Å². The third-order valence-electron chi connectivity index (χ3n) is 8.83. The molecule has 5 rings (SSSR count). The molecule has 3 aromatic rings. The van der Waals surface area contributed by atoms with Crippen LogP contribution in [0.2, 0.25) is 0 Å². The predicted molar refractivity (Wildman–Crippen MR) is 153 cm³/mol. The van der Waals surface area contributed by atoms with Crippen molar-refractivity contribution >= 4 is 5.97 Å². The lowest BCUT2D eigenvalue weighted by Gasteiger charge is -2.51. The van der Waals surface area contributed by atoms with Crippen molar-refractivity contribution in [2.75, 3.05) is 14.2 Å². The maximum atomic E-state index is 15.4. The molecule has 0 bridgehead atoms. The molecule has 0 amide bonds. The third-order valence-corrected chi connectivity index (χ3v) is 8.83. The molecule has 0 saturated heterocycles. The molecule has 0 aromatic heterocycles. The van der Waals surface area contributed by atoms with Gasteiger partial charge in [-0.15, -0.1) is 0 Å². The second-order valence-corrected chi connectivity index (χ2v) is 12.3. The Balaban J connectivity index is 1.47. The normalized spacial score (nSPS) is 20.9. The van der Waals surface area contributed by atoms with Crippen LogP contribution in [0, 0.1) is 17.2 Å². The number of benzene rings is 3. The molecule has 40 heavy (non-hydrogen) atoms.